The van der Waals surface area contributed by atoms with Crippen LogP contribution in [-0.2, 0) is 4.74 Å². The number of aromatic nitrogens is 2. The van der Waals surface area contributed by atoms with E-state index in [2.05, 4.69) is 15.3 Å². The fourth-order valence-corrected chi connectivity index (χ4v) is 1.71. The van der Waals surface area contributed by atoms with Crippen molar-refractivity contribution >= 4 is 11.6 Å². The molecule has 2 heterocycles. The van der Waals surface area contributed by atoms with Crippen LogP contribution in [0.1, 0.15) is 18.7 Å². The molecule has 1 atom stereocenters. The summed E-state index contributed by atoms with van der Waals surface area (Å²) in [5, 5.41) is 3.21. The fraction of sp³-hybridized carbons (Fsp3) is 0.600. The van der Waals surface area contributed by atoms with Crippen LogP contribution in [0, 0.1) is 6.92 Å². The third-order valence-electron chi connectivity index (χ3n) is 2.39. The Labute approximate surface area is 89.1 Å². The molecule has 0 aliphatic carbocycles. The molecule has 0 spiro atoms. The van der Waals surface area contributed by atoms with Gasteiger partial charge in [0.15, 0.2) is 0 Å². The van der Waals surface area contributed by atoms with Gasteiger partial charge in [0.25, 0.3) is 0 Å². The minimum atomic E-state index is 0.307. The number of anilines is 2. The Bertz CT molecular complexity index is 316. The molecule has 1 aliphatic rings. The Morgan fingerprint density at radius 2 is 2.47 bits per heavy atom. The standard InChI is InChI=1S/C10H16N4O/c1-7-13-9(11)5-10(14-7)12-6-8-3-2-4-15-8/h5,8H,2-4,6H2,1H3,(H3,11,12,13,14). The van der Waals surface area contributed by atoms with Crippen molar-refractivity contribution < 1.29 is 4.74 Å². The van der Waals surface area contributed by atoms with E-state index >= 15 is 0 Å². The number of hydrogen-bond donors (Lipinski definition) is 2. The molecule has 1 saturated heterocycles. The highest BCUT2D eigenvalue weighted by atomic mass is 16.5. The van der Waals surface area contributed by atoms with E-state index in [9.17, 15) is 0 Å². The predicted molar refractivity (Wildman–Crippen MR) is 58.6 cm³/mol. The predicted octanol–water partition coefficient (Wildman–Crippen LogP) is 0.958. The summed E-state index contributed by atoms with van der Waals surface area (Å²) in [5.74, 6) is 1.96. The molecule has 1 aliphatic heterocycles. The summed E-state index contributed by atoms with van der Waals surface area (Å²) in [6.07, 6.45) is 2.57. The monoisotopic (exact) mass is 208 g/mol. The molecule has 82 valence electrons. The van der Waals surface area contributed by atoms with Crippen molar-refractivity contribution in [3.8, 4) is 0 Å². The van der Waals surface area contributed by atoms with Gasteiger partial charge in [0.05, 0.1) is 6.10 Å². The summed E-state index contributed by atoms with van der Waals surface area (Å²) in [6.45, 7) is 3.49. The van der Waals surface area contributed by atoms with Crippen molar-refractivity contribution in [1.82, 2.24) is 9.97 Å². The zero-order chi connectivity index (χ0) is 10.7. The second-order valence-corrected chi connectivity index (χ2v) is 3.74. The molecule has 0 saturated carbocycles. The average Bonchev–Trinajstić information content (AvgIpc) is 2.65. The van der Waals surface area contributed by atoms with Gasteiger partial charge in [0.1, 0.15) is 17.5 Å². The molecular weight excluding hydrogens is 192 g/mol. The van der Waals surface area contributed by atoms with Gasteiger partial charge in [-0.3, -0.25) is 0 Å². The van der Waals surface area contributed by atoms with Crippen molar-refractivity contribution in [3.05, 3.63) is 11.9 Å². The molecule has 3 N–H and O–H groups in total. The van der Waals surface area contributed by atoms with Crippen molar-refractivity contribution in [2.45, 2.75) is 25.9 Å². The van der Waals surface area contributed by atoms with E-state index in [-0.39, 0.29) is 0 Å². The van der Waals surface area contributed by atoms with Crippen LogP contribution in [-0.4, -0.2) is 29.2 Å². The SMILES string of the molecule is Cc1nc(N)cc(NCC2CCCO2)n1. The third-order valence-corrected chi connectivity index (χ3v) is 2.39. The highest BCUT2D eigenvalue weighted by Gasteiger charge is 2.15. The van der Waals surface area contributed by atoms with Gasteiger partial charge in [-0.25, -0.2) is 9.97 Å². The zero-order valence-electron chi connectivity index (χ0n) is 8.86. The number of nitrogens with zero attached hydrogens (tertiary/aromatic N) is 2. The van der Waals surface area contributed by atoms with Crippen LogP contribution < -0.4 is 11.1 Å². The molecule has 1 aromatic heterocycles. The number of nitrogen functional groups attached to an aromatic ring is 1. The molecule has 5 nitrogen and oxygen atoms in total. The smallest absolute Gasteiger partial charge is 0.131 e. The maximum Gasteiger partial charge on any atom is 0.131 e. The van der Waals surface area contributed by atoms with Gasteiger partial charge in [-0.1, -0.05) is 0 Å². The minimum absolute atomic E-state index is 0.307. The molecular formula is C10H16N4O. The summed E-state index contributed by atoms with van der Waals surface area (Å²) in [4.78, 5) is 8.25. The van der Waals surface area contributed by atoms with Crippen molar-refractivity contribution in [2.75, 3.05) is 24.2 Å². The fourth-order valence-electron chi connectivity index (χ4n) is 1.71. The summed E-state index contributed by atoms with van der Waals surface area (Å²) >= 11 is 0. The van der Waals surface area contributed by atoms with Crippen LogP contribution in [0.4, 0.5) is 11.6 Å². The van der Waals surface area contributed by atoms with Gasteiger partial charge < -0.3 is 15.8 Å². The van der Waals surface area contributed by atoms with Crippen molar-refractivity contribution in [3.63, 3.8) is 0 Å². The maximum atomic E-state index is 5.62. The number of aryl methyl sites for hydroxylation is 1. The van der Waals surface area contributed by atoms with Crippen LogP contribution >= 0.6 is 0 Å². The van der Waals surface area contributed by atoms with Gasteiger partial charge in [0.2, 0.25) is 0 Å². The largest absolute Gasteiger partial charge is 0.384 e. The quantitative estimate of drug-likeness (QED) is 0.774. The van der Waals surface area contributed by atoms with Crippen LogP contribution in [0.3, 0.4) is 0 Å². The number of nitrogens with two attached hydrogens (primary N) is 1. The lowest BCUT2D eigenvalue weighted by Crippen LogP contribution is -2.19. The Morgan fingerprint density at radius 1 is 1.60 bits per heavy atom. The van der Waals surface area contributed by atoms with E-state index in [0.29, 0.717) is 17.7 Å². The van der Waals surface area contributed by atoms with Gasteiger partial charge >= 0.3 is 0 Å². The van der Waals surface area contributed by atoms with E-state index < -0.39 is 0 Å². The molecule has 1 unspecified atom stereocenters. The van der Waals surface area contributed by atoms with Crippen LogP contribution in [0.5, 0.6) is 0 Å². The summed E-state index contributed by atoms with van der Waals surface area (Å²) in [6, 6.07) is 1.74. The lowest BCUT2D eigenvalue weighted by Gasteiger charge is -2.11. The van der Waals surface area contributed by atoms with Crippen molar-refractivity contribution in [2.24, 2.45) is 0 Å². The summed E-state index contributed by atoms with van der Waals surface area (Å²) in [5.41, 5.74) is 5.62. The minimum Gasteiger partial charge on any atom is -0.384 e. The van der Waals surface area contributed by atoms with Crippen LogP contribution in [0.2, 0.25) is 0 Å². The van der Waals surface area contributed by atoms with E-state index in [4.69, 9.17) is 10.5 Å². The number of ether oxygens (including phenoxy) is 1. The van der Waals surface area contributed by atoms with Gasteiger partial charge in [-0.2, -0.15) is 0 Å². The zero-order valence-corrected chi connectivity index (χ0v) is 8.86. The third kappa shape index (κ3) is 2.79. The molecule has 0 amide bonds. The first-order chi connectivity index (χ1) is 7.24. The van der Waals surface area contributed by atoms with Gasteiger partial charge in [-0.05, 0) is 19.8 Å². The topological polar surface area (TPSA) is 73.1 Å². The van der Waals surface area contributed by atoms with Gasteiger partial charge in [-0.15, -0.1) is 0 Å². The molecule has 15 heavy (non-hydrogen) atoms. The number of rotatable bonds is 3. The first-order valence-electron chi connectivity index (χ1n) is 5.20. The van der Waals surface area contributed by atoms with E-state index in [1.54, 1.807) is 6.07 Å². The molecule has 0 radical (unpaired) electrons. The second-order valence-electron chi connectivity index (χ2n) is 3.74. The van der Waals surface area contributed by atoms with Gasteiger partial charge in [0, 0.05) is 19.2 Å². The summed E-state index contributed by atoms with van der Waals surface area (Å²) in [7, 11) is 0. The number of hydrogen-bond acceptors (Lipinski definition) is 5. The number of nitrogens with one attached hydrogen (secondary N) is 1. The maximum absolute atomic E-state index is 5.62. The Hall–Kier alpha value is -1.36. The Morgan fingerprint density at radius 3 is 3.13 bits per heavy atom. The second kappa shape index (κ2) is 4.44. The first kappa shape index (κ1) is 10.2. The van der Waals surface area contributed by atoms with E-state index in [0.717, 1.165) is 31.8 Å². The van der Waals surface area contributed by atoms with Crippen molar-refractivity contribution in [1.29, 1.82) is 0 Å². The normalized spacial score (nSPS) is 20.5. The first-order valence-corrected chi connectivity index (χ1v) is 5.20. The highest BCUT2D eigenvalue weighted by Crippen LogP contribution is 2.13. The Kier molecular flexibility index (Phi) is 3.01. The summed E-state index contributed by atoms with van der Waals surface area (Å²) < 4.78 is 5.50. The Balaban J connectivity index is 1.92. The molecule has 0 bridgehead atoms. The molecule has 5 heteroatoms. The lowest BCUT2D eigenvalue weighted by atomic mass is 10.2. The van der Waals surface area contributed by atoms with Crippen LogP contribution in [0.25, 0.3) is 0 Å². The van der Waals surface area contributed by atoms with E-state index in [1.165, 1.54) is 0 Å². The average molecular weight is 208 g/mol. The molecule has 1 fully saturated rings. The van der Waals surface area contributed by atoms with Crippen LogP contribution in [0.15, 0.2) is 6.07 Å². The van der Waals surface area contributed by atoms with E-state index in [1.807, 2.05) is 6.92 Å². The highest BCUT2D eigenvalue weighted by molar-refractivity contribution is 5.44. The molecule has 2 rings (SSSR count). The molecule has 1 aromatic rings. The molecule has 0 aromatic carbocycles. The lowest BCUT2D eigenvalue weighted by molar-refractivity contribution is 0.120.